The van der Waals surface area contributed by atoms with Crippen molar-refractivity contribution in [1.29, 1.82) is 0 Å². The van der Waals surface area contributed by atoms with Crippen LogP contribution in [0.2, 0.25) is 0 Å². The largest absolute Gasteiger partial charge is 0.391 e. The van der Waals surface area contributed by atoms with Crippen molar-refractivity contribution >= 4 is 11.9 Å². The van der Waals surface area contributed by atoms with Gasteiger partial charge in [-0.1, -0.05) is 19.3 Å². The van der Waals surface area contributed by atoms with Gasteiger partial charge in [-0.25, -0.2) is 4.68 Å². The van der Waals surface area contributed by atoms with E-state index in [-0.39, 0.29) is 12.1 Å². The number of hydrogen-bond donors (Lipinski definition) is 3. The lowest BCUT2D eigenvalue weighted by molar-refractivity contribution is 0.100. The van der Waals surface area contributed by atoms with Gasteiger partial charge in [0.15, 0.2) is 0 Å². The summed E-state index contributed by atoms with van der Waals surface area (Å²) in [6, 6.07) is -0.0305. The summed E-state index contributed by atoms with van der Waals surface area (Å²) in [5.74, 6) is 0.879. The first-order valence-corrected chi connectivity index (χ1v) is 5.80. The highest BCUT2D eigenvalue weighted by molar-refractivity contribution is 5.31. The van der Waals surface area contributed by atoms with Crippen LogP contribution in [-0.2, 0) is 0 Å². The maximum absolute atomic E-state index is 10.0. The summed E-state index contributed by atoms with van der Waals surface area (Å²) < 4.78 is 1.65. The van der Waals surface area contributed by atoms with Crippen LogP contribution in [0.4, 0.5) is 11.9 Å². The highest BCUT2D eigenvalue weighted by Gasteiger charge is 2.26. The van der Waals surface area contributed by atoms with Gasteiger partial charge in [0.05, 0.1) is 12.1 Å². The zero-order valence-electron chi connectivity index (χ0n) is 9.56. The van der Waals surface area contributed by atoms with Crippen LogP contribution in [0.1, 0.15) is 38.1 Å². The van der Waals surface area contributed by atoms with Crippen LogP contribution in [0.15, 0.2) is 0 Å². The molecule has 16 heavy (non-hydrogen) atoms. The molecule has 0 bridgehead atoms. The molecule has 6 heteroatoms. The Morgan fingerprint density at radius 1 is 1.38 bits per heavy atom. The van der Waals surface area contributed by atoms with E-state index in [1.165, 1.54) is 6.42 Å². The van der Waals surface area contributed by atoms with Gasteiger partial charge in [0.2, 0.25) is 11.9 Å². The smallest absolute Gasteiger partial charge is 0.243 e. The predicted octanol–water partition coefficient (Wildman–Crippen LogP) is 0.768. The van der Waals surface area contributed by atoms with E-state index in [0.717, 1.165) is 25.7 Å². The lowest BCUT2D eigenvalue weighted by Gasteiger charge is -2.20. The number of nitrogen functional groups attached to an aromatic ring is 1. The van der Waals surface area contributed by atoms with E-state index in [1.807, 2.05) is 0 Å². The van der Waals surface area contributed by atoms with Crippen molar-refractivity contribution in [3.05, 3.63) is 0 Å². The zero-order valence-corrected chi connectivity index (χ0v) is 9.56. The molecule has 0 radical (unpaired) electrons. The Hall–Kier alpha value is -1.30. The van der Waals surface area contributed by atoms with E-state index in [2.05, 4.69) is 15.4 Å². The molecule has 0 aliphatic heterocycles. The number of anilines is 2. The van der Waals surface area contributed by atoms with Gasteiger partial charge in [0.1, 0.15) is 0 Å². The van der Waals surface area contributed by atoms with Crippen LogP contribution < -0.4 is 11.1 Å². The van der Waals surface area contributed by atoms with Crippen molar-refractivity contribution in [3.63, 3.8) is 0 Å². The summed E-state index contributed by atoms with van der Waals surface area (Å²) in [5, 5.41) is 17.2. The van der Waals surface area contributed by atoms with Crippen molar-refractivity contribution in [1.82, 2.24) is 14.8 Å². The SMILES string of the molecule is CNc1nc(N)n(C2CCCCCC2O)n1. The summed E-state index contributed by atoms with van der Waals surface area (Å²) in [5.41, 5.74) is 5.80. The van der Waals surface area contributed by atoms with E-state index in [4.69, 9.17) is 5.73 Å². The van der Waals surface area contributed by atoms with Gasteiger partial charge in [-0.15, -0.1) is 5.10 Å². The van der Waals surface area contributed by atoms with Crippen LogP contribution in [0.5, 0.6) is 0 Å². The molecular weight excluding hydrogens is 206 g/mol. The molecular formula is C10H19N5O. The van der Waals surface area contributed by atoms with Crippen molar-refractivity contribution in [2.75, 3.05) is 18.1 Å². The van der Waals surface area contributed by atoms with Crippen molar-refractivity contribution < 1.29 is 5.11 Å². The fourth-order valence-corrected chi connectivity index (χ4v) is 2.24. The number of nitrogens with zero attached hydrogens (tertiary/aromatic N) is 3. The summed E-state index contributed by atoms with van der Waals surface area (Å²) >= 11 is 0. The van der Waals surface area contributed by atoms with Gasteiger partial charge in [-0.05, 0) is 12.8 Å². The molecule has 90 valence electrons. The Kier molecular flexibility index (Phi) is 3.28. The molecule has 1 aliphatic carbocycles. The van der Waals surface area contributed by atoms with Crippen molar-refractivity contribution in [2.24, 2.45) is 0 Å². The molecule has 2 atom stereocenters. The van der Waals surface area contributed by atoms with Gasteiger partial charge in [0.25, 0.3) is 0 Å². The van der Waals surface area contributed by atoms with Crippen LogP contribution in [-0.4, -0.2) is 33.0 Å². The second-order valence-corrected chi connectivity index (χ2v) is 4.26. The molecule has 6 nitrogen and oxygen atoms in total. The Balaban J connectivity index is 2.22. The normalized spacial score (nSPS) is 26.4. The van der Waals surface area contributed by atoms with Crippen LogP contribution in [0.3, 0.4) is 0 Å². The Bertz CT molecular complexity index is 351. The average Bonchev–Trinajstić information content (AvgIpc) is 2.51. The predicted molar refractivity (Wildman–Crippen MR) is 62.1 cm³/mol. The number of rotatable bonds is 2. The molecule has 1 saturated carbocycles. The average molecular weight is 225 g/mol. The van der Waals surface area contributed by atoms with Gasteiger partial charge in [0, 0.05) is 7.05 Å². The molecule has 1 fully saturated rings. The van der Waals surface area contributed by atoms with E-state index < -0.39 is 0 Å². The number of nitrogens with two attached hydrogens (primary N) is 1. The van der Waals surface area contributed by atoms with Crippen LogP contribution >= 0.6 is 0 Å². The quantitative estimate of drug-likeness (QED) is 0.647. The first-order chi connectivity index (χ1) is 7.72. The third kappa shape index (κ3) is 2.11. The molecule has 1 aromatic heterocycles. The zero-order chi connectivity index (χ0) is 11.5. The number of aliphatic hydroxyl groups is 1. The maximum atomic E-state index is 10.0. The molecule has 2 unspecified atom stereocenters. The van der Waals surface area contributed by atoms with Gasteiger partial charge in [-0.2, -0.15) is 4.98 Å². The second kappa shape index (κ2) is 4.69. The minimum Gasteiger partial charge on any atom is -0.391 e. The summed E-state index contributed by atoms with van der Waals surface area (Å²) in [4.78, 5) is 4.08. The van der Waals surface area contributed by atoms with Crippen molar-refractivity contribution in [2.45, 2.75) is 44.2 Å². The van der Waals surface area contributed by atoms with Crippen LogP contribution in [0.25, 0.3) is 0 Å². The Morgan fingerprint density at radius 3 is 2.81 bits per heavy atom. The number of hydrogen-bond acceptors (Lipinski definition) is 5. The summed E-state index contributed by atoms with van der Waals surface area (Å²) in [6.07, 6.45) is 4.72. The molecule has 0 spiro atoms. The Morgan fingerprint density at radius 2 is 2.12 bits per heavy atom. The third-order valence-corrected chi connectivity index (χ3v) is 3.14. The second-order valence-electron chi connectivity index (χ2n) is 4.26. The molecule has 1 aliphatic rings. The van der Waals surface area contributed by atoms with Gasteiger partial charge in [-0.3, -0.25) is 0 Å². The number of aromatic nitrogens is 3. The number of nitrogens with one attached hydrogen (secondary N) is 1. The summed E-state index contributed by atoms with van der Waals surface area (Å²) in [7, 11) is 1.75. The van der Waals surface area contributed by atoms with E-state index in [1.54, 1.807) is 11.7 Å². The standard InChI is InChI=1S/C10H19N5O/c1-12-10-13-9(11)15(14-10)7-5-3-2-4-6-8(7)16/h7-8,16H,2-6H2,1H3,(H3,11,12,13,14). The molecule has 1 heterocycles. The van der Waals surface area contributed by atoms with Gasteiger partial charge < -0.3 is 16.2 Å². The third-order valence-electron chi connectivity index (χ3n) is 3.14. The van der Waals surface area contributed by atoms with E-state index in [0.29, 0.717) is 11.9 Å². The lowest BCUT2D eigenvalue weighted by atomic mass is 10.1. The molecule has 0 saturated heterocycles. The fraction of sp³-hybridized carbons (Fsp3) is 0.800. The fourth-order valence-electron chi connectivity index (χ4n) is 2.24. The Labute approximate surface area is 94.9 Å². The maximum Gasteiger partial charge on any atom is 0.243 e. The molecule has 4 N–H and O–H groups in total. The lowest BCUT2D eigenvalue weighted by Crippen LogP contribution is -2.25. The van der Waals surface area contributed by atoms with Gasteiger partial charge >= 0.3 is 0 Å². The number of aliphatic hydroxyl groups excluding tert-OH is 1. The molecule has 0 amide bonds. The van der Waals surface area contributed by atoms with E-state index in [9.17, 15) is 5.11 Å². The van der Waals surface area contributed by atoms with Crippen molar-refractivity contribution in [3.8, 4) is 0 Å². The highest BCUT2D eigenvalue weighted by Crippen LogP contribution is 2.28. The molecule has 1 aromatic rings. The molecule has 0 aromatic carbocycles. The topological polar surface area (TPSA) is 89.0 Å². The summed E-state index contributed by atoms with van der Waals surface area (Å²) in [6.45, 7) is 0. The minimum atomic E-state index is -0.365. The van der Waals surface area contributed by atoms with Crippen LogP contribution in [0, 0.1) is 0 Å². The monoisotopic (exact) mass is 225 g/mol. The van der Waals surface area contributed by atoms with E-state index >= 15 is 0 Å². The highest BCUT2D eigenvalue weighted by atomic mass is 16.3. The first-order valence-electron chi connectivity index (χ1n) is 5.80. The molecule has 2 rings (SSSR count). The minimum absolute atomic E-state index is 0.0305. The first kappa shape index (κ1) is 11.2.